The molecule has 0 fully saturated rings. The third-order valence-electron chi connectivity index (χ3n) is 4.02. The van der Waals surface area contributed by atoms with Gasteiger partial charge < -0.3 is 9.47 Å². The fourth-order valence-corrected chi connectivity index (χ4v) is 2.69. The summed E-state index contributed by atoms with van der Waals surface area (Å²) in [6.07, 6.45) is 1.87. The minimum absolute atomic E-state index is 0.0658. The van der Waals surface area contributed by atoms with Crippen LogP contribution in [0.15, 0.2) is 35.1 Å². The van der Waals surface area contributed by atoms with Gasteiger partial charge in [0.2, 0.25) is 0 Å². The molecule has 0 spiro atoms. The van der Waals surface area contributed by atoms with Gasteiger partial charge in [0.15, 0.2) is 0 Å². The van der Waals surface area contributed by atoms with Crippen molar-refractivity contribution in [3.05, 3.63) is 46.4 Å². The van der Waals surface area contributed by atoms with Crippen LogP contribution in [0.25, 0.3) is 10.8 Å². The van der Waals surface area contributed by atoms with Gasteiger partial charge in [-0.3, -0.25) is 9.59 Å². The number of hydrogen-bond donors (Lipinski definition) is 0. The zero-order chi connectivity index (χ0) is 16.1. The van der Waals surface area contributed by atoms with E-state index in [-0.39, 0.29) is 11.5 Å². The lowest BCUT2D eigenvalue weighted by atomic mass is 10.1. The van der Waals surface area contributed by atoms with Gasteiger partial charge in [-0.1, -0.05) is 31.5 Å². The normalized spacial score (nSPS) is 10.9. The molecule has 0 atom stereocenters. The lowest BCUT2D eigenvalue weighted by Crippen LogP contribution is -2.36. The van der Waals surface area contributed by atoms with Gasteiger partial charge in [-0.25, -0.2) is 0 Å². The molecule has 0 aliphatic carbocycles. The van der Waals surface area contributed by atoms with Crippen LogP contribution in [0.2, 0.25) is 0 Å². The number of benzene rings is 1. The lowest BCUT2D eigenvalue weighted by molar-refractivity contribution is 0.0760. The second-order valence-electron chi connectivity index (χ2n) is 5.40. The van der Waals surface area contributed by atoms with Gasteiger partial charge in [-0.2, -0.15) is 0 Å². The number of nitrogens with zero attached hydrogens (tertiary/aromatic N) is 2. The number of pyridine rings is 1. The van der Waals surface area contributed by atoms with Gasteiger partial charge in [-0.15, -0.1) is 0 Å². The molecule has 118 valence electrons. The minimum Gasteiger partial charge on any atom is -0.338 e. The van der Waals surface area contributed by atoms with Gasteiger partial charge in [0, 0.05) is 25.0 Å². The summed E-state index contributed by atoms with van der Waals surface area (Å²) >= 11 is 0. The minimum atomic E-state index is -0.0675. The average Bonchev–Trinajstić information content (AvgIpc) is 2.55. The smallest absolute Gasteiger partial charge is 0.270 e. The maximum absolute atomic E-state index is 12.8. The molecule has 0 saturated heterocycles. The standard InChI is InChI=1S/C18H24N2O2/c1-4-7-12-20-16(18(22)19(5-2)6-3)13-14-10-8-9-11-15(14)17(20)21/h8-11,13H,4-7,12H2,1-3H3. The van der Waals surface area contributed by atoms with Crippen molar-refractivity contribution in [2.24, 2.45) is 0 Å². The van der Waals surface area contributed by atoms with Crippen molar-refractivity contribution in [1.82, 2.24) is 9.47 Å². The molecule has 4 nitrogen and oxygen atoms in total. The number of hydrogen-bond acceptors (Lipinski definition) is 2. The SMILES string of the molecule is CCCCn1c(C(=O)N(CC)CC)cc2ccccc2c1=O. The van der Waals surface area contributed by atoms with Gasteiger partial charge >= 0.3 is 0 Å². The molecule has 4 heteroatoms. The fraction of sp³-hybridized carbons (Fsp3) is 0.444. The van der Waals surface area contributed by atoms with Crippen LogP contribution in [-0.4, -0.2) is 28.5 Å². The molecule has 2 aromatic rings. The molecule has 0 bridgehead atoms. The predicted octanol–water partition coefficient (Wildman–Crippen LogP) is 3.28. The Balaban J connectivity index is 2.64. The van der Waals surface area contributed by atoms with Crippen molar-refractivity contribution in [2.75, 3.05) is 13.1 Å². The van der Waals surface area contributed by atoms with E-state index in [1.54, 1.807) is 9.47 Å². The summed E-state index contributed by atoms with van der Waals surface area (Å²) in [5.74, 6) is -0.0658. The molecule has 0 unspecified atom stereocenters. The van der Waals surface area contributed by atoms with Crippen molar-refractivity contribution in [2.45, 2.75) is 40.2 Å². The van der Waals surface area contributed by atoms with E-state index in [0.717, 1.165) is 18.2 Å². The van der Waals surface area contributed by atoms with Crippen LogP contribution in [-0.2, 0) is 6.54 Å². The Morgan fingerprint density at radius 2 is 1.82 bits per heavy atom. The van der Waals surface area contributed by atoms with E-state index >= 15 is 0 Å². The molecular weight excluding hydrogens is 276 g/mol. The van der Waals surface area contributed by atoms with Crippen LogP contribution < -0.4 is 5.56 Å². The van der Waals surface area contributed by atoms with Crippen LogP contribution in [0.1, 0.15) is 44.1 Å². The van der Waals surface area contributed by atoms with E-state index in [9.17, 15) is 9.59 Å². The highest BCUT2D eigenvalue weighted by Crippen LogP contribution is 2.14. The Morgan fingerprint density at radius 1 is 1.14 bits per heavy atom. The summed E-state index contributed by atoms with van der Waals surface area (Å²) in [7, 11) is 0. The number of fused-ring (bicyclic) bond motifs is 1. The summed E-state index contributed by atoms with van der Waals surface area (Å²) in [5, 5.41) is 1.51. The third kappa shape index (κ3) is 3.06. The van der Waals surface area contributed by atoms with E-state index in [4.69, 9.17) is 0 Å². The molecule has 22 heavy (non-hydrogen) atoms. The van der Waals surface area contributed by atoms with Crippen LogP contribution in [0, 0.1) is 0 Å². The lowest BCUT2D eigenvalue weighted by Gasteiger charge is -2.21. The van der Waals surface area contributed by atoms with Crippen molar-refractivity contribution in [3.63, 3.8) is 0 Å². The second-order valence-corrected chi connectivity index (χ2v) is 5.40. The van der Waals surface area contributed by atoms with E-state index < -0.39 is 0 Å². The Morgan fingerprint density at radius 3 is 2.45 bits per heavy atom. The maximum atomic E-state index is 12.8. The van der Waals surface area contributed by atoms with E-state index in [0.29, 0.717) is 30.7 Å². The Hall–Kier alpha value is -2.10. The summed E-state index contributed by atoms with van der Waals surface area (Å²) in [6, 6.07) is 9.32. The number of unbranched alkanes of at least 4 members (excludes halogenated alkanes) is 1. The summed E-state index contributed by atoms with van der Waals surface area (Å²) in [6.45, 7) is 7.86. The Bertz CT molecular complexity index is 715. The first-order valence-electron chi connectivity index (χ1n) is 8.05. The van der Waals surface area contributed by atoms with Crippen LogP contribution >= 0.6 is 0 Å². The van der Waals surface area contributed by atoms with E-state index in [2.05, 4.69) is 6.92 Å². The van der Waals surface area contributed by atoms with Crippen LogP contribution in [0.3, 0.4) is 0 Å². The Kier molecular flexibility index (Phi) is 5.36. The summed E-state index contributed by atoms with van der Waals surface area (Å²) in [5.41, 5.74) is 0.433. The second kappa shape index (κ2) is 7.25. The molecule has 0 saturated carbocycles. The topological polar surface area (TPSA) is 42.3 Å². The number of amides is 1. The third-order valence-corrected chi connectivity index (χ3v) is 4.02. The number of carbonyl (C=O) groups is 1. The Labute approximate surface area is 131 Å². The van der Waals surface area contributed by atoms with E-state index in [1.165, 1.54) is 0 Å². The van der Waals surface area contributed by atoms with Crippen LogP contribution in [0.5, 0.6) is 0 Å². The van der Waals surface area contributed by atoms with Gasteiger partial charge in [-0.05, 0) is 37.8 Å². The molecule has 1 amide bonds. The van der Waals surface area contributed by atoms with E-state index in [1.807, 2.05) is 44.2 Å². The largest absolute Gasteiger partial charge is 0.338 e. The van der Waals surface area contributed by atoms with Gasteiger partial charge in [0.1, 0.15) is 5.69 Å². The fourth-order valence-electron chi connectivity index (χ4n) is 2.69. The van der Waals surface area contributed by atoms with Gasteiger partial charge in [0.05, 0.1) is 0 Å². The first-order valence-corrected chi connectivity index (χ1v) is 8.05. The molecule has 0 aliphatic heterocycles. The van der Waals surface area contributed by atoms with Crippen molar-refractivity contribution in [1.29, 1.82) is 0 Å². The summed E-state index contributed by atoms with van der Waals surface area (Å²) < 4.78 is 1.65. The molecule has 2 rings (SSSR count). The quantitative estimate of drug-likeness (QED) is 0.821. The number of carbonyl (C=O) groups excluding carboxylic acids is 1. The molecule has 0 aliphatic rings. The highest BCUT2D eigenvalue weighted by Gasteiger charge is 2.19. The zero-order valence-electron chi connectivity index (χ0n) is 13.6. The molecule has 1 aromatic heterocycles. The van der Waals surface area contributed by atoms with Crippen molar-refractivity contribution < 1.29 is 4.79 Å². The van der Waals surface area contributed by atoms with Gasteiger partial charge in [0.25, 0.3) is 11.5 Å². The molecule has 0 N–H and O–H groups in total. The predicted molar refractivity (Wildman–Crippen MR) is 90.4 cm³/mol. The maximum Gasteiger partial charge on any atom is 0.270 e. The molecule has 0 radical (unpaired) electrons. The first-order chi connectivity index (χ1) is 10.6. The highest BCUT2D eigenvalue weighted by atomic mass is 16.2. The molecular formula is C18H24N2O2. The average molecular weight is 300 g/mol. The van der Waals surface area contributed by atoms with Crippen molar-refractivity contribution >= 4 is 16.7 Å². The highest BCUT2D eigenvalue weighted by molar-refractivity contribution is 5.96. The van der Waals surface area contributed by atoms with Crippen LogP contribution in [0.4, 0.5) is 0 Å². The zero-order valence-corrected chi connectivity index (χ0v) is 13.6. The number of rotatable bonds is 6. The monoisotopic (exact) mass is 300 g/mol. The first kappa shape index (κ1) is 16.3. The molecule has 1 heterocycles. The summed E-state index contributed by atoms with van der Waals surface area (Å²) in [4.78, 5) is 27.3. The number of aromatic nitrogens is 1. The van der Waals surface area contributed by atoms with Crippen molar-refractivity contribution in [3.8, 4) is 0 Å². The molecule has 1 aromatic carbocycles.